The fraction of sp³-hybridized carbons (Fsp3) is 0.214. The minimum Gasteiger partial charge on any atom is -0.508 e. The molecule has 1 heterocycles. The summed E-state index contributed by atoms with van der Waals surface area (Å²) in [4.78, 5) is 3.99. The molecule has 2 aromatic rings. The zero-order chi connectivity index (χ0) is 12.1. The Morgan fingerprint density at radius 3 is 2.65 bits per heavy atom. The molecular weight excluding hydrogens is 212 g/mol. The summed E-state index contributed by atoms with van der Waals surface area (Å²) in [6.07, 6.45) is 4.57. The van der Waals surface area contributed by atoms with Gasteiger partial charge < -0.3 is 10.4 Å². The molecule has 0 unspecified atom stereocenters. The van der Waals surface area contributed by atoms with Crippen LogP contribution in [0.4, 0.5) is 5.69 Å². The second kappa shape index (κ2) is 5.34. The van der Waals surface area contributed by atoms with Crippen molar-refractivity contribution in [1.82, 2.24) is 4.98 Å². The van der Waals surface area contributed by atoms with Gasteiger partial charge in [-0.3, -0.25) is 4.98 Å². The van der Waals surface area contributed by atoms with E-state index < -0.39 is 0 Å². The van der Waals surface area contributed by atoms with Crippen LogP contribution >= 0.6 is 0 Å². The van der Waals surface area contributed by atoms with Crippen LogP contribution in [0, 0.1) is 6.92 Å². The number of anilines is 1. The Labute approximate surface area is 101 Å². The van der Waals surface area contributed by atoms with Gasteiger partial charge in [-0.05, 0) is 54.8 Å². The van der Waals surface area contributed by atoms with Gasteiger partial charge in [-0.2, -0.15) is 0 Å². The Hall–Kier alpha value is -2.03. The number of benzene rings is 1. The first kappa shape index (κ1) is 11.5. The van der Waals surface area contributed by atoms with Crippen LogP contribution in [-0.4, -0.2) is 16.6 Å². The molecule has 0 radical (unpaired) electrons. The number of phenols is 1. The molecule has 3 nitrogen and oxygen atoms in total. The van der Waals surface area contributed by atoms with Crippen LogP contribution in [-0.2, 0) is 6.42 Å². The number of hydrogen-bond donors (Lipinski definition) is 2. The molecule has 0 saturated carbocycles. The monoisotopic (exact) mass is 228 g/mol. The molecule has 1 aromatic heterocycles. The zero-order valence-electron chi connectivity index (χ0n) is 9.85. The van der Waals surface area contributed by atoms with Crippen molar-refractivity contribution < 1.29 is 5.11 Å². The van der Waals surface area contributed by atoms with Gasteiger partial charge in [-0.25, -0.2) is 0 Å². The maximum atomic E-state index is 9.31. The number of aryl methyl sites for hydroxylation is 1. The molecule has 88 valence electrons. The number of nitrogens with zero attached hydrogens (tertiary/aromatic N) is 1. The highest BCUT2D eigenvalue weighted by Gasteiger charge is 1.98. The van der Waals surface area contributed by atoms with E-state index in [1.165, 1.54) is 5.56 Å². The molecule has 2 rings (SSSR count). The number of pyridine rings is 1. The highest BCUT2D eigenvalue weighted by atomic mass is 16.3. The van der Waals surface area contributed by atoms with Gasteiger partial charge in [0, 0.05) is 24.6 Å². The maximum absolute atomic E-state index is 9.31. The third-order valence-corrected chi connectivity index (χ3v) is 2.69. The van der Waals surface area contributed by atoms with Crippen molar-refractivity contribution in [2.45, 2.75) is 13.3 Å². The fourth-order valence-electron chi connectivity index (χ4n) is 1.74. The van der Waals surface area contributed by atoms with Crippen LogP contribution in [0.3, 0.4) is 0 Å². The van der Waals surface area contributed by atoms with Crippen molar-refractivity contribution in [2.75, 3.05) is 11.9 Å². The molecule has 0 bridgehead atoms. The lowest BCUT2D eigenvalue weighted by atomic mass is 10.1. The Morgan fingerprint density at radius 2 is 1.94 bits per heavy atom. The van der Waals surface area contributed by atoms with E-state index in [-0.39, 0.29) is 0 Å². The second-order valence-corrected chi connectivity index (χ2v) is 4.03. The third-order valence-electron chi connectivity index (χ3n) is 2.69. The van der Waals surface area contributed by atoms with E-state index in [0.29, 0.717) is 5.75 Å². The molecule has 0 atom stereocenters. The highest BCUT2D eigenvalue weighted by Crippen LogP contribution is 2.19. The zero-order valence-corrected chi connectivity index (χ0v) is 9.85. The maximum Gasteiger partial charge on any atom is 0.115 e. The topological polar surface area (TPSA) is 45.1 Å². The van der Waals surface area contributed by atoms with Gasteiger partial charge in [-0.15, -0.1) is 0 Å². The van der Waals surface area contributed by atoms with Gasteiger partial charge in [0.05, 0.1) is 0 Å². The minimum absolute atomic E-state index is 0.308. The van der Waals surface area contributed by atoms with E-state index in [9.17, 15) is 5.11 Å². The normalized spacial score (nSPS) is 10.2. The van der Waals surface area contributed by atoms with Crippen LogP contribution in [0.5, 0.6) is 5.75 Å². The molecule has 0 amide bonds. The summed E-state index contributed by atoms with van der Waals surface area (Å²) in [6.45, 7) is 2.85. The van der Waals surface area contributed by atoms with Crippen LogP contribution in [0.1, 0.15) is 11.1 Å². The molecule has 0 saturated heterocycles. The predicted octanol–water partition coefficient (Wildman–Crippen LogP) is 2.75. The minimum atomic E-state index is 0.308. The SMILES string of the molecule is Cc1cc(O)ccc1NCCc1ccncc1. The summed E-state index contributed by atoms with van der Waals surface area (Å²) < 4.78 is 0. The van der Waals surface area contributed by atoms with Gasteiger partial charge in [0.15, 0.2) is 0 Å². The standard InChI is InChI=1S/C14H16N2O/c1-11-10-13(17)2-3-14(11)16-9-6-12-4-7-15-8-5-12/h2-5,7-8,10,16-17H,6,9H2,1H3. The number of aromatic nitrogens is 1. The lowest BCUT2D eigenvalue weighted by Crippen LogP contribution is -2.05. The van der Waals surface area contributed by atoms with Crippen LogP contribution < -0.4 is 5.32 Å². The van der Waals surface area contributed by atoms with E-state index in [1.807, 2.05) is 25.1 Å². The second-order valence-electron chi connectivity index (χ2n) is 4.03. The molecule has 0 aliphatic rings. The molecule has 3 heteroatoms. The van der Waals surface area contributed by atoms with E-state index in [2.05, 4.69) is 10.3 Å². The average Bonchev–Trinajstić information content (AvgIpc) is 2.33. The van der Waals surface area contributed by atoms with Crippen molar-refractivity contribution >= 4 is 5.69 Å². The quantitative estimate of drug-likeness (QED) is 0.791. The van der Waals surface area contributed by atoms with Crippen LogP contribution in [0.15, 0.2) is 42.7 Å². The van der Waals surface area contributed by atoms with Gasteiger partial charge >= 0.3 is 0 Å². The van der Waals surface area contributed by atoms with Gasteiger partial charge in [0.2, 0.25) is 0 Å². The smallest absolute Gasteiger partial charge is 0.115 e. The summed E-state index contributed by atoms with van der Waals surface area (Å²) in [6, 6.07) is 9.39. The Bertz CT molecular complexity index is 483. The number of aromatic hydroxyl groups is 1. The Morgan fingerprint density at radius 1 is 1.18 bits per heavy atom. The lowest BCUT2D eigenvalue weighted by Gasteiger charge is -2.09. The van der Waals surface area contributed by atoms with Crippen molar-refractivity contribution in [3.05, 3.63) is 53.9 Å². The van der Waals surface area contributed by atoms with Gasteiger partial charge in [-0.1, -0.05) is 0 Å². The van der Waals surface area contributed by atoms with Crippen LogP contribution in [0.2, 0.25) is 0 Å². The summed E-state index contributed by atoms with van der Waals surface area (Å²) >= 11 is 0. The number of nitrogens with one attached hydrogen (secondary N) is 1. The highest BCUT2D eigenvalue weighted by molar-refractivity contribution is 5.53. The average molecular weight is 228 g/mol. The Kier molecular flexibility index (Phi) is 3.60. The number of hydrogen-bond acceptors (Lipinski definition) is 3. The number of rotatable bonds is 4. The van der Waals surface area contributed by atoms with Crippen molar-refractivity contribution in [1.29, 1.82) is 0 Å². The van der Waals surface area contributed by atoms with Crippen LogP contribution in [0.25, 0.3) is 0 Å². The first-order valence-corrected chi connectivity index (χ1v) is 5.68. The van der Waals surface area contributed by atoms with E-state index in [4.69, 9.17) is 0 Å². The van der Waals surface area contributed by atoms with Crippen molar-refractivity contribution in [3.63, 3.8) is 0 Å². The third kappa shape index (κ3) is 3.21. The fourth-order valence-corrected chi connectivity index (χ4v) is 1.74. The molecule has 2 N–H and O–H groups in total. The predicted molar refractivity (Wildman–Crippen MR) is 69.3 cm³/mol. The largest absolute Gasteiger partial charge is 0.508 e. The first-order chi connectivity index (χ1) is 8.25. The molecule has 0 spiro atoms. The summed E-state index contributed by atoms with van der Waals surface area (Å²) in [5, 5.41) is 12.7. The van der Waals surface area contributed by atoms with E-state index in [0.717, 1.165) is 24.2 Å². The summed E-state index contributed by atoms with van der Waals surface area (Å²) in [7, 11) is 0. The van der Waals surface area contributed by atoms with E-state index >= 15 is 0 Å². The molecule has 0 aliphatic heterocycles. The molecule has 0 aliphatic carbocycles. The lowest BCUT2D eigenvalue weighted by molar-refractivity contribution is 0.475. The van der Waals surface area contributed by atoms with Gasteiger partial charge in [0.1, 0.15) is 5.75 Å². The number of phenolic OH excluding ortho intramolecular Hbond substituents is 1. The van der Waals surface area contributed by atoms with Crippen molar-refractivity contribution in [2.24, 2.45) is 0 Å². The first-order valence-electron chi connectivity index (χ1n) is 5.68. The Balaban J connectivity index is 1.90. The molecular formula is C14H16N2O. The molecule has 0 fully saturated rings. The summed E-state index contributed by atoms with van der Waals surface area (Å²) in [5.74, 6) is 0.308. The molecule has 1 aromatic carbocycles. The summed E-state index contributed by atoms with van der Waals surface area (Å²) in [5.41, 5.74) is 3.39. The van der Waals surface area contributed by atoms with Crippen molar-refractivity contribution in [3.8, 4) is 5.75 Å². The molecule has 17 heavy (non-hydrogen) atoms. The van der Waals surface area contributed by atoms with Gasteiger partial charge in [0.25, 0.3) is 0 Å². The van der Waals surface area contributed by atoms with E-state index in [1.54, 1.807) is 24.5 Å².